The van der Waals surface area contributed by atoms with Crippen molar-refractivity contribution in [1.82, 2.24) is 9.80 Å². The SMILES string of the molecule is O=C1C(c2ccc(F)cc2)=C(N2CCCC2)C(=O)N1CCc1ccc(F)cc1. The summed E-state index contributed by atoms with van der Waals surface area (Å²) < 4.78 is 26.4. The van der Waals surface area contributed by atoms with E-state index in [2.05, 4.69) is 0 Å². The molecule has 0 spiro atoms. The Hall–Kier alpha value is -3.02. The Labute approximate surface area is 162 Å². The number of carbonyl (C=O) groups is 2. The largest absolute Gasteiger partial charge is 0.366 e. The quantitative estimate of drug-likeness (QED) is 0.745. The number of benzene rings is 2. The van der Waals surface area contributed by atoms with Crippen LogP contribution in [0.4, 0.5) is 8.78 Å². The fraction of sp³-hybridized carbons (Fsp3) is 0.273. The van der Waals surface area contributed by atoms with Crippen LogP contribution in [0.1, 0.15) is 24.0 Å². The van der Waals surface area contributed by atoms with Crippen LogP contribution in [0.2, 0.25) is 0 Å². The Bertz CT molecular complexity index is 930. The van der Waals surface area contributed by atoms with E-state index in [1.165, 1.54) is 41.3 Å². The monoisotopic (exact) mass is 382 g/mol. The van der Waals surface area contributed by atoms with Gasteiger partial charge in [0.1, 0.15) is 17.3 Å². The van der Waals surface area contributed by atoms with E-state index in [0.29, 0.717) is 23.3 Å². The predicted molar refractivity (Wildman–Crippen MR) is 101 cm³/mol. The molecule has 2 aromatic carbocycles. The number of hydrogen-bond acceptors (Lipinski definition) is 3. The molecule has 2 aromatic rings. The number of carbonyl (C=O) groups excluding carboxylic acids is 2. The number of amides is 2. The van der Waals surface area contributed by atoms with Gasteiger partial charge in [-0.25, -0.2) is 8.78 Å². The third kappa shape index (κ3) is 3.42. The fourth-order valence-corrected chi connectivity index (χ4v) is 3.77. The molecule has 0 saturated carbocycles. The van der Waals surface area contributed by atoms with Crippen molar-refractivity contribution in [2.75, 3.05) is 19.6 Å². The van der Waals surface area contributed by atoms with E-state index in [9.17, 15) is 18.4 Å². The van der Waals surface area contributed by atoms with Gasteiger partial charge in [-0.1, -0.05) is 24.3 Å². The highest BCUT2D eigenvalue weighted by molar-refractivity contribution is 6.35. The standard InChI is InChI=1S/C22H20F2N2O2/c23-17-7-3-15(4-8-17)11-14-26-21(27)19(16-5-9-18(24)10-6-16)20(22(26)28)25-12-1-2-13-25/h3-10H,1-2,11-14H2. The number of hydrogen-bond donors (Lipinski definition) is 0. The molecule has 2 aliphatic rings. The maximum absolute atomic E-state index is 13.3. The number of likely N-dealkylation sites (tertiary alicyclic amines) is 1. The van der Waals surface area contributed by atoms with Crippen LogP contribution in [0.5, 0.6) is 0 Å². The number of imide groups is 1. The molecular weight excluding hydrogens is 362 g/mol. The van der Waals surface area contributed by atoms with Crippen LogP contribution in [0.15, 0.2) is 54.2 Å². The number of rotatable bonds is 5. The first-order valence-electron chi connectivity index (χ1n) is 9.40. The minimum Gasteiger partial charge on any atom is -0.366 e. The van der Waals surface area contributed by atoms with Crippen LogP contribution in [0, 0.1) is 11.6 Å². The molecule has 1 saturated heterocycles. The van der Waals surface area contributed by atoms with Crippen LogP contribution >= 0.6 is 0 Å². The second-order valence-corrected chi connectivity index (χ2v) is 7.06. The molecule has 0 atom stereocenters. The van der Waals surface area contributed by atoms with Gasteiger partial charge in [0.25, 0.3) is 11.8 Å². The van der Waals surface area contributed by atoms with Crippen LogP contribution in [-0.4, -0.2) is 41.2 Å². The van der Waals surface area contributed by atoms with Gasteiger partial charge in [0, 0.05) is 19.6 Å². The lowest BCUT2D eigenvalue weighted by molar-refractivity contribution is -0.137. The molecule has 2 aliphatic heterocycles. The minimum absolute atomic E-state index is 0.214. The molecule has 4 nitrogen and oxygen atoms in total. The topological polar surface area (TPSA) is 40.6 Å². The zero-order chi connectivity index (χ0) is 19.7. The van der Waals surface area contributed by atoms with Gasteiger partial charge >= 0.3 is 0 Å². The average Bonchev–Trinajstić information content (AvgIpc) is 3.29. The zero-order valence-corrected chi connectivity index (χ0v) is 15.3. The van der Waals surface area contributed by atoms with Crippen molar-refractivity contribution in [1.29, 1.82) is 0 Å². The molecular formula is C22H20F2N2O2. The molecule has 28 heavy (non-hydrogen) atoms. The van der Waals surface area contributed by atoms with Gasteiger partial charge < -0.3 is 4.90 Å². The van der Waals surface area contributed by atoms with Crippen molar-refractivity contribution in [3.05, 3.63) is 77.0 Å². The lowest BCUT2D eigenvalue weighted by atomic mass is 10.0. The van der Waals surface area contributed by atoms with Crippen LogP contribution in [0.25, 0.3) is 5.57 Å². The Morgan fingerprint density at radius 3 is 1.96 bits per heavy atom. The highest BCUT2D eigenvalue weighted by atomic mass is 19.1. The number of nitrogens with zero attached hydrogens (tertiary/aromatic N) is 2. The predicted octanol–water partition coefficient (Wildman–Crippen LogP) is 3.38. The van der Waals surface area contributed by atoms with Gasteiger partial charge in [0.05, 0.1) is 5.57 Å². The van der Waals surface area contributed by atoms with E-state index in [1.54, 1.807) is 12.1 Å². The van der Waals surface area contributed by atoms with Gasteiger partial charge in [-0.3, -0.25) is 14.5 Å². The number of halogens is 2. The summed E-state index contributed by atoms with van der Waals surface area (Å²) in [6.45, 7) is 1.67. The normalized spacial score (nSPS) is 17.2. The third-order valence-electron chi connectivity index (χ3n) is 5.24. The molecule has 2 heterocycles. The van der Waals surface area contributed by atoms with E-state index in [-0.39, 0.29) is 24.2 Å². The Kier molecular flexibility index (Phi) is 4.94. The summed E-state index contributed by atoms with van der Waals surface area (Å²) in [6.07, 6.45) is 2.39. The Balaban J connectivity index is 1.63. The second kappa shape index (κ2) is 7.54. The highest BCUT2D eigenvalue weighted by Crippen LogP contribution is 2.33. The molecule has 0 radical (unpaired) electrons. The molecule has 4 rings (SSSR count). The summed E-state index contributed by atoms with van der Waals surface area (Å²) in [5.41, 5.74) is 2.14. The molecule has 0 bridgehead atoms. The van der Waals surface area contributed by atoms with Crippen molar-refractivity contribution < 1.29 is 18.4 Å². The first-order chi connectivity index (χ1) is 13.5. The van der Waals surface area contributed by atoms with Crippen LogP contribution in [-0.2, 0) is 16.0 Å². The zero-order valence-electron chi connectivity index (χ0n) is 15.3. The van der Waals surface area contributed by atoms with Gasteiger partial charge in [0.2, 0.25) is 0 Å². The summed E-state index contributed by atoms with van der Waals surface area (Å²) >= 11 is 0. The van der Waals surface area contributed by atoms with E-state index >= 15 is 0 Å². The average molecular weight is 382 g/mol. The summed E-state index contributed by atoms with van der Waals surface area (Å²) in [5, 5.41) is 0. The lowest BCUT2D eigenvalue weighted by Crippen LogP contribution is -2.36. The summed E-state index contributed by atoms with van der Waals surface area (Å²) in [7, 11) is 0. The van der Waals surface area contributed by atoms with Crippen LogP contribution < -0.4 is 0 Å². The fourth-order valence-electron chi connectivity index (χ4n) is 3.77. The molecule has 0 unspecified atom stereocenters. The molecule has 2 amide bonds. The molecule has 1 fully saturated rings. The molecule has 0 aliphatic carbocycles. The Morgan fingerprint density at radius 1 is 0.786 bits per heavy atom. The van der Waals surface area contributed by atoms with Crippen molar-refractivity contribution in [2.45, 2.75) is 19.3 Å². The molecule has 6 heteroatoms. The maximum atomic E-state index is 13.3. The smallest absolute Gasteiger partial charge is 0.277 e. The first-order valence-corrected chi connectivity index (χ1v) is 9.40. The van der Waals surface area contributed by atoms with Gasteiger partial charge in [0.15, 0.2) is 0 Å². The van der Waals surface area contributed by atoms with Crippen LogP contribution in [0.3, 0.4) is 0 Å². The highest BCUT2D eigenvalue weighted by Gasteiger charge is 2.41. The molecule has 0 N–H and O–H groups in total. The third-order valence-corrected chi connectivity index (χ3v) is 5.24. The van der Waals surface area contributed by atoms with E-state index in [0.717, 1.165) is 31.5 Å². The first kappa shape index (κ1) is 18.3. The Morgan fingerprint density at radius 2 is 1.36 bits per heavy atom. The van der Waals surface area contributed by atoms with Gasteiger partial charge in [-0.2, -0.15) is 0 Å². The van der Waals surface area contributed by atoms with E-state index in [1.807, 2.05) is 4.90 Å². The van der Waals surface area contributed by atoms with Gasteiger partial charge in [-0.15, -0.1) is 0 Å². The van der Waals surface area contributed by atoms with E-state index < -0.39 is 5.82 Å². The second-order valence-electron chi connectivity index (χ2n) is 7.06. The van der Waals surface area contributed by atoms with Crippen molar-refractivity contribution in [3.8, 4) is 0 Å². The maximum Gasteiger partial charge on any atom is 0.277 e. The van der Waals surface area contributed by atoms with Crippen molar-refractivity contribution >= 4 is 17.4 Å². The summed E-state index contributed by atoms with van der Waals surface area (Å²) in [6, 6.07) is 11.7. The van der Waals surface area contributed by atoms with Crippen molar-refractivity contribution in [2.24, 2.45) is 0 Å². The van der Waals surface area contributed by atoms with Gasteiger partial charge in [-0.05, 0) is 54.7 Å². The van der Waals surface area contributed by atoms with Crippen molar-refractivity contribution in [3.63, 3.8) is 0 Å². The minimum atomic E-state index is -0.392. The van der Waals surface area contributed by atoms with E-state index in [4.69, 9.17) is 0 Å². The molecule has 144 valence electrons. The molecule has 0 aromatic heterocycles. The summed E-state index contributed by atoms with van der Waals surface area (Å²) in [4.78, 5) is 29.4. The lowest BCUT2D eigenvalue weighted by Gasteiger charge is -2.20. The summed E-state index contributed by atoms with van der Waals surface area (Å²) in [5.74, 6) is -1.39.